The highest BCUT2D eigenvalue weighted by Crippen LogP contribution is 2.35. The van der Waals surface area contributed by atoms with Crippen molar-refractivity contribution in [2.75, 3.05) is 6.61 Å². The number of hydrogen-bond donors (Lipinski definition) is 0. The molecule has 0 aliphatic heterocycles. The molecule has 1 rings (SSSR count). The quantitative estimate of drug-likeness (QED) is 0.403. The second kappa shape index (κ2) is 5.34. The van der Waals surface area contributed by atoms with E-state index in [1.54, 1.807) is 0 Å². The molecular weight excluding hydrogens is 188 g/mol. The van der Waals surface area contributed by atoms with Crippen LogP contribution in [0.3, 0.4) is 0 Å². The molecular formula is C13H22O2. The van der Waals surface area contributed by atoms with Crippen molar-refractivity contribution in [2.24, 2.45) is 5.41 Å². The second-order valence-corrected chi connectivity index (χ2v) is 4.80. The molecule has 86 valence electrons. The highest BCUT2D eigenvalue weighted by molar-refractivity contribution is 5.76. The zero-order valence-electron chi connectivity index (χ0n) is 10.1. The Labute approximate surface area is 92.7 Å². The molecule has 1 aliphatic rings. The third-order valence-corrected chi connectivity index (χ3v) is 3.20. The van der Waals surface area contributed by atoms with E-state index in [0.29, 0.717) is 6.61 Å². The van der Waals surface area contributed by atoms with Gasteiger partial charge in [0, 0.05) is 0 Å². The van der Waals surface area contributed by atoms with Crippen LogP contribution in [0, 0.1) is 5.41 Å². The Kier molecular flexibility index (Phi) is 4.37. The summed E-state index contributed by atoms with van der Waals surface area (Å²) in [5, 5.41) is 0. The molecule has 0 amide bonds. The van der Waals surface area contributed by atoms with Crippen LogP contribution in [0.4, 0.5) is 0 Å². The van der Waals surface area contributed by atoms with E-state index in [-0.39, 0.29) is 11.4 Å². The highest BCUT2D eigenvalue weighted by Gasteiger charge is 2.35. The van der Waals surface area contributed by atoms with Gasteiger partial charge in [0.25, 0.3) is 0 Å². The van der Waals surface area contributed by atoms with E-state index >= 15 is 0 Å². The topological polar surface area (TPSA) is 26.3 Å². The maximum Gasteiger partial charge on any atom is 0.312 e. The van der Waals surface area contributed by atoms with Crippen molar-refractivity contribution in [2.45, 2.75) is 52.9 Å². The lowest BCUT2D eigenvalue weighted by atomic mass is 9.77. The first-order chi connectivity index (χ1) is 7.08. The van der Waals surface area contributed by atoms with Gasteiger partial charge in [0.1, 0.15) is 0 Å². The monoisotopic (exact) mass is 210 g/mol. The molecule has 1 atom stereocenters. The van der Waals surface area contributed by atoms with Crippen LogP contribution in [0.1, 0.15) is 52.9 Å². The fourth-order valence-electron chi connectivity index (χ4n) is 1.75. The lowest BCUT2D eigenvalue weighted by Crippen LogP contribution is -2.31. The minimum Gasteiger partial charge on any atom is -0.465 e. The van der Waals surface area contributed by atoms with Gasteiger partial charge >= 0.3 is 5.97 Å². The first-order valence-electron chi connectivity index (χ1n) is 5.91. The number of hydrogen-bond acceptors (Lipinski definition) is 2. The smallest absolute Gasteiger partial charge is 0.312 e. The van der Waals surface area contributed by atoms with Gasteiger partial charge in [0.05, 0.1) is 12.0 Å². The van der Waals surface area contributed by atoms with E-state index < -0.39 is 0 Å². The molecule has 0 saturated carbocycles. The van der Waals surface area contributed by atoms with Crippen molar-refractivity contribution in [3.8, 4) is 0 Å². The van der Waals surface area contributed by atoms with Crippen LogP contribution in [0.15, 0.2) is 11.6 Å². The number of carbonyl (C=O) groups excluding carboxylic acids is 1. The summed E-state index contributed by atoms with van der Waals surface area (Å²) in [6.45, 7) is 6.82. The Bertz CT molecular complexity index is 255. The molecule has 1 unspecified atom stereocenters. The number of esters is 1. The number of allylic oxidation sites excluding steroid dienone is 2. The number of carbonyl (C=O) groups is 1. The molecule has 1 aliphatic carbocycles. The summed E-state index contributed by atoms with van der Waals surface area (Å²) in [6.07, 6.45) is 7.01. The molecule has 0 heterocycles. The molecule has 0 fully saturated rings. The summed E-state index contributed by atoms with van der Waals surface area (Å²) in [5.74, 6) is -0.0142. The lowest BCUT2D eigenvalue weighted by molar-refractivity contribution is -0.155. The van der Waals surface area contributed by atoms with E-state index in [4.69, 9.17) is 4.74 Å². The largest absolute Gasteiger partial charge is 0.465 e. The van der Waals surface area contributed by atoms with Crippen LogP contribution < -0.4 is 0 Å². The molecule has 2 nitrogen and oxygen atoms in total. The SMILES string of the molecule is CCCCOC(=O)C1(C)CC=C(C)CC1. The number of unbranched alkanes of at least 4 members (excludes halogenated alkanes) is 1. The van der Waals surface area contributed by atoms with E-state index in [1.165, 1.54) is 5.57 Å². The first-order valence-corrected chi connectivity index (χ1v) is 5.91. The summed E-state index contributed by atoms with van der Waals surface area (Å²) in [6, 6.07) is 0. The van der Waals surface area contributed by atoms with Crippen molar-refractivity contribution < 1.29 is 9.53 Å². The zero-order valence-corrected chi connectivity index (χ0v) is 10.1. The number of rotatable bonds is 4. The van der Waals surface area contributed by atoms with Crippen molar-refractivity contribution in [1.82, 2.24) is 0 Å². The van der Waals surface area contributed by atoms with Crippen LogP contribution >= 0.6 is 0 Å². The standard InChI is InChI=1S/C13H22O2/c1-4-5-10-15-12(14)13(3)8-6-11(2)7-9-13/h6H,4-5,7-10H2,1-3H3. The Balaban J connectivity index is 2.44. The van der Waals surface area contributed by atoms with Crippen LogP contribution in [0.25, 0.3) is 0 Å². The molecule has 0 N–H and O–H groups in total. The van der Waals surface area contributed by atoms with Gasteiger partial charge in [0.15, 0.2) is 0 Å². The van der Waals surface area contributed by atoms with Gasteiger partial charge in [-0.1, -0.05) is 25.0 Å². The fraction of sp³-hybridized carbons (Fsp3) is 0.769. The molecule has 0 bridgehead atoms. The Morgan fingerprint density at radius 1 is 1.60 bits per heavy atom. The third-order valence-electron chi connectivity index (χ3n) is 3.20. The molecule has 2 heteroatoms. The fourth-order valence-corrected chi connectivity index (χ4v) is 1.75. The Morgan fingerprint density at radius 3 is 2.87 bits per heavy atom. The van der Waals surface area contributed by atoms with Gasteiger partial charge in [-0.2, -0.15) is 0 Å². The van der Waals surface area contributed by atoms with Crippen LogP contribution in [-0.2, 0) is 9.53 Å². The predicted molar refractivity (Wildman–Crippen MR) is 61.6 cm³/mol. The van der Waals surface area contributed by atoms with Crippen molar-refractivity contribution >= 4 is 5.97 Å². The van der Waals surface area contributed by atoms with Crippen LogP contribution in [0.2, 0.25) is 0 Å². The molecule has 0 aromatic rings. The Morgan fingerprint density at radius 2 is 2.33 bits per heavy atom. The van der Waals surface area contributed by atoms with Crippen LogP contribution in [0.5, 0.6) is 0 Å². The van der Waals surface area contributed by atoms with E-state index in [2.05, 4.69) is 19.9 Å². The van der Waals surface area contributed by atoms with Crippen molar-refractivity contribution in [3.05, 3.63) is 11.6 Å². The summed E-state index contributed by atoms with van der Waals surface area (Å²) in [7, 11) is 0. The average Bonchev–Trinajstić information content (AvgIpc) is 2.23. The summed E-state index contributed by atoms with van der Waals surface area (Å²) in [4.78, 5) is 11.8. The van der Waals surface area contributed by atoms with Gasteiger partial charge in [-0.15, -0.1) is 0 Å². The van der Waals surface area contributed by atoms with E-state index in [9.17, 15) is 4.79 Å². The van der Waals surface area contributed by atoms with Crippen molar-refractivity contribution in [3.63, 3.8) is 0 Å². The van der Waals surface area contributed by atoms with Crippen LogP contribution in [-0.4, -0.2) is 12.6 Å². The number of ether oxygens (including phenoxy) is 1. The molecule has 0 spiro atoms. The van der Waals surface area contributed by atoms with E-state index in [0.717, 1.165) is 32.1 Å². The molecule has 0 radical (unpaired) electrons. The zero-order chi connectivity index (χ0) is 11.3. The predicted octanol–water partition coefficient (Wildman–Crippen LogP) is 3.47. The van der Waals surface area contributed by atoms with Gasteiger partial charge in [-0.05, 0) is 39.5 Å². The normalized spacial score (nSPS) is 25.9. The van der Waals surface area contributed by atoms with Gasteiger partial charge in [0.2, 0.25) is 0 Å². The maximum absolute atomic E-state index is 11.8. The van der Waals surface area contributed by atoms with Crippen molar-refractivity contribution in [1.29, 1.82) is 0 Å². The van der Waals surface area contributed by atoms with E-state index in [1.807, 2.05) is 6.92 Å². The molecule has 0 aromatic carbocycles. The highest BCUT2D eigenvalue weighted by atomic mass is 16.5. The summed E-state index contributed by atoms with van der Waals surface area (Å²) < 4.78 is 5.29. The maximum atomic E-state index is 11.8. The summed E-state index contributed by atoms with van der Waals surface area (Å²) >= 11 is 0. The average molecular weight is 210 g/mol. The first kappa shape index (κ1) is 12.3. The molecule has 0 aromatic heterocycles. The summed E-state index contributed by atoms with van der Waals surface area (Å²) in [5.41, 5.74) is 1.13. The third kappa shape index (κ3) is 3.37. The van der Waals surface area contributed by atoms with Gasteiger partial charge in [-0.3, -0.25) is 4.79 Å². The molecule has 0 saturated heterocycles. The lowest BCUT2D eigenvalue weighted by Gasteiger charge is -2.29. The van der Waals surface area contributed by atoms with Gasteiger partial charge < -0.3 is 4.74 Å². The minimum absolute atomic E-state index is 0.0142. The second-order valence-electron chi connectivity index (χ2n) is 4.80. The van der Waals surface area contributed by atoms with Gasteiger partial charge in [-0.25, -0.2) is 0 Å². The molecule has 15 heavy (non-hydrogen) atoms. The Hall–Kier alpha value is -0.790. The minimum atomic E-state index is -0.271.